The van der Waals surface area contributed by atoms with Crippen LogP contribution in [0.4, 0.5) is 8.78 Å². The second-order valence-corrected chi connectivity index (χ2v) is 6.06. The molecular weight excluding hydrogens is 342 g/mol. The van der Waals surface area contributed by atoms with Crippen molar-refractivity contribution in [3.63, 3.8) is 0 Å². The third kappa shape index (κ3) is 4.17. The summed E-state index contributed by atoms with van der Waals surface area (Å²) in [6.07, 6.45) is 6.31. The zero-order valence-electron chi connectivity index (χ0n) is 14.0. The maximum Gasteiger partial charge on any atom is 0.257 e. The molecule has 26 heavy (non-hydrogen) atoms. The van der Waals surface area contributed by atoms with Crippen molar-refractivity contribution in [2.45, 2.75) is 18.9 Å². The molecule has 3 rings (SSSR count). The summed E-state index contributed by atoms with van der Waals surface area (Å²) in [5.41, 5.74) is 0.255. The Kier molecular flexibility index (Phi) is 5.46. The zero-order chi connectivity index (χ0) is 18.5. The zero-order valence-corrected chi connectivity index (χ0v) is 14.0. The molecule has 0 atom stereocenters. The third-order valence-electron chi connectivity index (χ3n) is 4.30. The summed E-state index contributed by atoms with van der Waals surface area (Å²) in [6, 6.07) is 5.05. The molecule has 0 unspecified atom stereocenters. The Balaban J connectivity index is 1.51. The summed E-state index contributed by atoms with van der Waals surface area (Å²) >= 11 is 0. The second-order valence-electron chi connectivity index (χ2n) is 6.06. The van der Waals surface area contributed by atoms with Gasteiger partial charge in [0.1, 0.15) is 17.9 Å². The lowest BCUT2D eigenvalue weighted by molar-refractivity contribution is -0.117. The van der Waals surface area contributed by atoms with Gasteiger partial charge in [-0.05, 0) is 37.1 Å². The Morgan fingerprint density at radius 1 is 1.15 bits per heavy atom. The number of furan rings is 1. The monoisotopic (exact) mass is 360 g/mol. The molecule has 1 fully saturated rings. The molecule has 136 valence electrons. The SMILES string of the molecule is O=C(C=Cc1c(F)cccc1F)NC1CCN(C(=O)c2ccoc2)CC1. The number of halogens is 2. The largest absolute Gasteiger partial charge is 0.472 e. The smallest absolute Gasteiger partial charge is 0.257 e. The fraction of sp³-hybridized carbons (Fsp3) is 0.263. The molecule has 0 spiro atoms. The Morgan fingerprint density at radius 3 is 2.46 bits per heavy atom. The molecule has 1 aliphatic heterocycles. The fourth-order valence-electron chi connectivity index (χ4n) is 2.87. The van der Waals surface area contributed by atoms with E-state index in [1.807, 2.05) is 0 Å². The highest BCUT2D eigenvalue weighted by Crippen LogP contribution is 2.15. The number of benzene rings is 1. The summed E-state index contributed by atoms with van der Waals surface area (Å²) < 4.78 is 32.0. The minimum absolute atomic E-state index is 0.0917. The number of nitrogens with one attached hydrogen (secondary N) is 1. The number of hydrogen-bond donors (Lipinski definition) is 1. The number of nitrogens with zero attached hydrogens (tertiary/aromatic N) is 1. The molecule has 1 saturated heterocycles. The Hall–Kier alpha value is -2.96. The molecule has 0 bridgehead atoms. The highest BCUT2D eigenvalue weighted by Gasteiger charge is 2.24. The van der Waals surface area contributed by atoms with E-state index in [2.05, 4.69) is 5.32 Å². The molecule has 1 aliphatic rings. The summed E-state index contributed by atoms with van der Waals surface area (Å²) in [7, 11) is 0. The van der Waals surface area contributed by atoms with Gasteiger partial charge in [0.25, 0.3) is 5.91 Å². The van der Waals surface area contributed by atoms with Gasteiger partial charge in [-0.25, -0.2) is 8.78 Å². The van der Waals surface area contributed by atoms with Crippen LogP contribution in [0.25, 0.3) is 6.08 Å². The van der Waals surface area contributed by atoms with Crippen LogP contribution in [0.5, 0.6) is 0 Å². The first kappa shape index (κ1) is 17.8. The van der Waals surface area contributed by atoms with E-state index in [0.29, 0.717) is 31.5 Å². The van der Waals surface area contributed by atoms with Crippen LogP contribution in [0.1, 0.15) is 28.8 Å². The Labute approximate surface area is 149 Å². The summed E-state index contributed by atoms with van der Waals surface area (Å²) in [6.45, 7) is 1.03. The van der Waals surface area contributed by atoms with E-state index in [0.717, 1.165) is 24.3 Å². The van der Waals surface area contributed by atoms with Gasteiger partial charge in [-0.2, -0.15) is 0 Å². The van der Waals surface area contributed by atoms with Gasteiger partial charge in [-0.1, -0.05) is 6.07 Å². The van der Waals surface area contributed by atoms with Crippen molar-refractivity contribution >= 4 is 17.9 Å². The van der Waals surface area contributed by atoms with Crippen LogP contribution in [-0.2, 0) is 4.79 Å². The van der Waals surface area contributed by atoms with E-state index >= 15 is 0 Å². The standard InChI is InChI=1S/C19H18F2N2O3/c20-16-2-1-3-17(21)15(16)4-5-18(24)22-14-6-9-23(10-7-14)19(25)13-8-11-26-12-13/h1-5,8,11-12,14H,6-7,9-10H2,(H,22,24). The number of likely N-dealkylation sites (tertiary alicyclic amines) is 1. The average Bonchev–Trinajstić information content (AvgIpc) is 3.16. The first-order valence-corrected chi connectivity index (χ1v) is 8.28. The van der Waals surface area contributed by atoms with Crippen LogP contribution in [0.15, 0.2) is 47.3 Å². The molecule has 1 N–H and O–H groups in total. The van der Waals surface area contributed by atoms with E-state index in [1.165, 1.54) is 18.6 Å². The molecule has 2 heterocycles. The molecule has 2 aromatic rings. The minimum atomic E-state index is -0.722. The van der Waals surface area contributed by atoms with E-state index in [1.54, 1.807) is 11.0 Å². The van der Waals surface area contributed by atoms with Crippen molar-refractivity contribution < 1.29 is 22.8 Å². The number of carbonyl (C=O) groups is 2. The highest BCUT2D eigenvalue weighted by molar-refractivity contribution is 5.94. The number of piperidine rings is 1. The topological polar surface area (TPSA) is 62.6 Å². The normalized spacial score (nSPS) is 15.4. The Morgan fingerprint density at radius 2 is 1.85 bits per heavy atom. The van der Waals surface area contributed by atoms with E-state index in [9.17, 15) is 18.4 Å². The van der Waals surface area contributed by atoms with Crippen LogP contribution in [0, 0.1) is 11.6 Å². The number of carbonyl (C=O) groups excluding carboxylic acids is 2. The van der Waals surface area contributed by atoms with Crippen molar-refractivity contribution in [3.8, 4) is 0 Å². The molecule has 1 aromatic carbocycles. The summed E-state index contributed by atoms with van der Waals surface area (Å²) in [4.78, 5) is 25.9. The minimum Gasteiger partial charge on any atom is -0.472 e. The van der Waals surface area contributed by atoms with Crippen molar-refractivity contribution in [3.05, 3.63) is 65.6 Å². The lowest BCUT2D eigenvalue weighted by Gasteiger charge is -2.32. The number of rotatable bonds is 4. The quantitative estimate of drug-likeness (QED) is 0.853. The van der Waals surface area contributed by atoms with Gasteiger partial charge in [0.2, 0.25) is 5.91 Å². The molecule has 1 aromatic heterocycles. The van der Waals surface area contributed by atoms with Crippen LogP contribution in [0.3, 0.4) is 0 Å². The van der Waals surface area contributed by atoms with Gasteiger partial charge in [-0.3, -0.25) is 9.59 Å². The third-order valence-corrected chi connectivity index (χ3v) is 4.30. The lowest BCUT2D eigenvalue weighted by atomic mass is 10.0. The first-order chi connectivity index (χ1) is 12.5. The van der Waals surface area contributed by atoms with Gasteiger partial charge in [-0.15, -0.1) is 0 Å². The van der Waals surface area contributed by atoms with Crippen molar-refractivity contribution in [1.29, 1.82) is 0 Å². The number of amides is 2. The maximum atomic E-state index is 13.5. The van der Waals surface area contributed by atoms with Gasteiger partial charge < -0.3 is 14.6 Å². The average molecular weight is 360 g/mol. The maximum absolute atomic E-state index is 13.5. The van der Waals surface area contributed by atoms with Crippen molar-refractivity contribution in [1.82, 2.24) is 10.2 Å². The second kappa shape index (κ2) is 7.95. The van der Waals surface area contributed by atoms with Gasteiger partial charge >= 0.3 is 0 Å². The summed E-state index contributed by atoms with van der Waals surface area (Å²) in [5, 5.41) is 2.80. The van der Waals surface area contributed by atoms with Crippen LogP contribution in [-0.4, -0.2) is 35.8 Å². The van der Waals surface area contributed by atoms with E-state index < -0.39 is 17.5 Å². The molecule has 0 aliphatic carbocycles. The number of hydrogen-bond acceptors (Lipinski definition) is 3. The van der Waals surface area contributed by atoms with Gasteiger partial charge in [0.15, 0.2) is 0 Å². The molecule has 2 amide bonds. The fourth-order valence-corrected chi connectivity index (χ4v) is 2.87. The first-order valence-electron chi connectivity index (χ1n) is 8.28. The molecule has 7 heteroatoms. The molecular formula is C19H18F2N2O3. The van der Waals surface area contributed by atoms with E-state index in [-0.39, 0.29) is 17.5 Å². The predicted octanol–water partition coefficient (Wildman–Crippen LogP) is 2.99. The van der Waals surface area contributed by atoms with E-state index in [4.69, 9.17) is 4.42 Å². The Bertz CT molecular complexity index is 790. The van der Waals surface area contributed by atoms with Gasteiger partial charge in [0, 0.05) is 30.8 Å². The molecule has 0 saturated carbocycles. The van der Waals surface area contributed by atoms with Crippen LogP contribution in [0.2, 0.25) is 0 Å². The van der Waals surface area contributed by atoms with Gasteiger partial charge in [0.05, 0.1) is 11.8 Å². The predicted molar refractivity (Wildman–Crippen MR) is 91.2 cm³/mol. The summed E-state index contributed by atoms with van der Waals surface area (Å²) in [5.74, 6) is -1.97. The molecule has 0 radical (unpaired) electrons. The van der Waals surface area contributed by atoms with Crippen molar-refractivity contribution in [2.24, 2.45) is 0 Å². The van der Waals surface area contributed by atoms with Crippen LogP contribution < -0.4 is 5.32 Å². The highest BCUT2D eigenvalue weighted by atomic mass is 19.1. The van der Waals surface area contributed by atoms with Crippen molar-refractivity contribution in [2.75, 3.05) is 13.1 Å². The lowest BCUT2D eigenvalue weighted by Crippen LogP contribution is -2.46. The molecule has 5 nitrogen and oxygen atoms in total. The van der Waals surface area contributed by atoms with Crippen LogP contribution >= 0.6 is 0 Å².